The van der Waals surface area contributed by atoms with Gasteiger partial charge in [-0.2, -0.15) is 0 Å². The van der Waals surface area contributed by atoms with Crippen LogP contribution >= 0.6 is 23.2 Å². The number of hydrogen-bond donors (Lipinski definition) is 2. The van der Waals surface area contributed by atoms with Crippen molar-refractivity contribution < 1.29 is 9.59 Å². The molecule has 0 atom stereocenters. The van der Waals surface area contributed by atoms with E-state index in [1.54, 1.807) is 24.3 Å². The zero-order valence-corrected chi connectivity index (χ0v) is 14.9. The molecule has 2 aromatic rings. The molecule has 3 rings (SSSR count). The minimum Gasteiger partial charge on any atom is -0.349 e. The molecule has 130 valence electrons. The van der Waals surface area contributed by atoms with E-state index < -0.39 is 5.91 Å². The molecular weight excluding hydrogens is 361 g/mol. The lowest BCUT2D eigenvalue weighted by molar-refractivity contribution is 0.0939. The third kappa shape index (κ3) is 4.30. The van der Waals surface area contributed by atoms with E-state index in [1.165, 1.54) is 12.3 Å². The number of carbonyl (C=O) groups is 2. The van der Waals surface area contributed by atoms with E-state index >= 15 is 0 Å². The Morgan fingerprint density at radius 3 is 2.52 bits per heavy atom. The Kier molecular flexibility index (Phi) is 5.56. The molecule has 1 aromatic heterocycles. The van der Waals surface area contributed by atoms with Crippen LogP contribution in [0.1, 0.15) is 46.4 Å². The highest BCUT2D eigenvalue weighted by atomic mass is 35.5. The van der Waals surface area contributed by atoms with Crippen LogP contribution in [0.5, 0.6) is 0 Å². The molecule has 0 bridgehead atoms. The zero-order chi connectivity index (χ0) is 17.8. The number of anilines is 1. The van der Waals surface area contributed by atoms with Crippen LogP contribution in [0.2, 0.25) is 10.2 Å². The monoisotopic (exact) mass is 377 g/mol. The van der Waals surface area contributed by atoms with Gasteiger partial charge in [0.05, 0.1) is 21.8 Å². The second kappa shape index (κ2) is 7.85. The molecule has 1 aliphatic rings. The van der Waals surface area contributed by atoms with Gasteiger partial charge in [0.25, 0.3) is 11.8 Å². The SMILES string of the molecule is O=C(Nc1ccccc1C(=O)NC1CCCC1)c1cnc(Cl)c(Cl)c1. The molecule has 7 heteroatoms. The average molecular weight is 378 g/mol. The highest BCUT2D eigenvalue weighted by Gasteiger charge is 2.20. The van der Waals surface area contributed by atoms with E-state index in [0.717, 1.165) is 25.7 Å². The lowest BCUT2D eigenvalue weighted by Crippen LogP contribution is -2.33. The molecule has 1 fully saturated rings. The summed E-state index contributed by atoms with van der Waals surface area (Å²) in [5, 5.41) is 6.09. The number of pyridine rings is 1. The highest BCUT2D eigenvalue weighted by molar-refractivity contribution is 6.41. The first-order chi connectivity index (χ1) is 12.0. The van der Waals surface area contributed by atoms with Gasteiger partial charge in [0, 0.05) is 12.2 Å². The lowest BCUT2D eigenvalue weighted by atomic mass is 10.1. The van der Waals surface area contributed by atoms with Gasteiger partial charge in [-0.05, 0) is 31.0 Å². The molecular formula is C18H17Cl2N3O2. The topological polar surface area (TPSA) is 71.1 Å². The lowest BCUT2D eigenvalue weighted by Gasteiger charge is -2.15. The summed E-state index contributed by atoms with van der Waals surface area (Å²) >= 11 is 11.7. The minimum atomic E-state index is -0.410. The smallest absolute Gasteiger partial charge is 0.257 e. The van der Waals surface area contributed by atoms with Crippen molar-refractivity contribution in [3.8, 4) is 0 Å². The van der Waals surface area contributed by atoms with E-state index in [2.05, 4.69) is 15.6 Å². The van der Waals surface area contributed by atoms with Crippen LogP contribution in [0.3, 0.4) is 0 Å². The van der Waals surface area contributed by atoms with Crippen molar-refractivity contribution in [3.05, 3.63) is 57.8 Å². The number of amides is 2. The first-order valence-electron chi connectivity index (χ1n) is 8.07. The quantitative estimate of drug-likeness (QED) is 0.779. The van der Waals surface area contributed by atoms with E-state index in [4.69, 9.17) is 23.2 Å². The van der Waals surface area contributed by atoms with E-state index in [1.807, 2.05) is 0 Å². The third-order valence-electron chi connectivity index (χ3n) is 4.17. The summed E-state index contributed by atoms with van der Waals surface area (Å²) in [6.45, 7) is 0. The van der Waals surface area contributed by atoms with Crippen molar-refractivity contribution in [1.29, 1.82) is 0 Å². The Balaban J connectivity index is 1.76. The fraction of sp³-hybridized carbons (Fsp3) is 0.278. The van der Waals surface area contributed by atoms with Crippen molar-refractivity contribution in [2.75, 3.05) is 5.32 Å². The Labute approximate surface area is 155 Å². The van der Waals surface area contributed by atoms with Crippen LogP contribution in [0, 0.1) is 0 Å². The fourth-order valence-electron chi connectivity index (χ4n) is 2.86. The van der Waals surface area contributed by atoms with Gasteiger partial charge in [0.2, 0.25) is 0 Å². The van der Waals surface area contributed by atoms with Crippen LogP contribution in [0.4, 0.5) is 5.69 Å². The van der Waals surface area contributed by atoms with Crippen molar-refractivity contribution in [1.82, 2.24) is 10.3 Å². The number of aromatic nitrogens is 1. The second-order valence-corrected chi connectivity index (χ2v) is 6.72. The number of para-hydroxylation sites is 1. The molecule has 1 saturated carbocycles. The molecule has 5 nitrogen and oxygen atoms in total. The van der Waals surface area contributed by atoms with Gasteiger partial charge in [0.15, 0.2) is 0 Å². The largest absolute Gasteiger partial charge is 0.349 e. The summed E-state index contributed by atoms with van der Waals surface area (Å²) in [6, 6.07) is 8.54. The standard InChI is InChI=1S/C18H17Cl2N3O2/c19-14-9-11(10-21-16(14)20)17(24)23-15-8-4-3-7-13(15)18(25)22-12-5-1-2-6-12/h3-4,7-10,12H,1-2,5-6H2,(H,22,25)(H,23,24). The maximum Gasteiger partial charge on any atom is 0.257 e. The van der Waals surface area contributed by atoms with Gasteiger partial charge in [-0.1, -0.05) is 48.2 Å². The van der Waals surface area contributed by atoms with Crippen molar-refractivity contribution in [3.63, 3.8) is 0 Å². The molecule has 1 aromatic carbocycles. The Hall–Kier alpha value is -2.11. The average Bonchev–Trinajstić information content (AvgIpc) is 3.10. The van der Waals surface area contributed by atoms with E-state index in [-0.39, 0.29) is 27.7 Å². The van der Waals surface area contributed by atoms with Crippen LogP contribution in [-0.4, -0.2) is 22.8 Å². The molecule has 2 amide bonds. The van der Waals surface area contributed by atoms with E-state index in [0.29, 0.717) is 11.3 Å². The summed E-state index contributed by atoms with van der Waals surface area (Å²) in [5.74, 6) is -0.595. The van der Waals surface area contributed by atoms with Gasteiger partial charge < -0.3 is 10.6 Å². The molecule has 0 radical (unpaired) electrons. The van der Waals surface area contributed by atoms with Crippen LogP contribution < -0.4 is 10.6 Å². The summed E-state index contributed by atoms with van der Waals surface area (Å²) in [7, 11) is 0. The molecule has 0 unspecified atom stereocenters. The van der Waals surface area contributed by atoms with E-state index in [9.17, 15) is 9.59 Å². The first-order valence-corrected chi connectivity index (χ1v) is 8.82. The number of nitrogens with one attached hydrogen (secondary N) is 2. The van der Waals surface area contributed by atoms with Crippen LogP contribution in [0.15, 0.2) is 36.5 Å². The number of halogens is 2. The van der Waals surface area contributed by atoms with Gasteiger partial charge in [-0.25, -0.2) is 4.98 Å². The molecule has 2 N–H and O–H groups in total. The van der Waals surface area contributed by atoms with Crippen LogP contribution in [0.25, 0.3) is 0 Å². The Morgan fingerprint density at radius 2 is 1.80 bits per heavy atom. The summed E-state index contributed by atoms with van der Waals surface area (Å²) in [6.07, 6.45) is 5.59. The zero-order valence-electron chi connectivity index (χ0n) is 13.4. The molecule has 0 spiro atoms. The van der Waals surface area contributed by atoms with Crippen molar-refractivity contribution in [2.24, 2.45) is 0 Å². The summed E-state index contributed by atoms with van der Waals surface area (Å²) in [5.41, 5.74) is 1.13. The number of carbonyl (C=O) groups excluding carboxylic acids is 2. The predicted octanol–water partition coefficient (Wildman–Crippen LogP) is 4.31. The van der Waals surface area contributed by atoms with Crippen LogP contribution in [-0.2, 0) is 0 Å². The maximum atomic E-state index is 12.5. The highest BCUT2D eigenvalue weighted by Crippen LogP contribution is 2.22. The predicted molar refractivity (Wildman–Crippen MR) is 98.4 cm³/mol. The van der Waals surface area contributed by atoms with Crippen molar-refractivity contribution in [2.45, 2.75) is 31.7 Å². The van der Waals surface area contributed by atoms with Gasteiger partial charge in [0.1, 0.15) is 5.15 Å². The number of benzene rings is 1. The van der Waals surface area contributed by atoms with Crippen molar-refractivity contribution >= 4 is 40.7 Å². The molecule has 0 aliphatic heterocycles. The third-order valence-corrected chi connectivity index (χ3v) is 4.85. The maximum absolute atomic E-state index is 12.5. The molecule has 25 heavy (non-hydrogen) atoms. The Morgan fingerprint density at radius 1 is 1.08 bits per heavy atom. The molecule has 1 aliphatic carbocycles. The first kappa shape index (κ1) is 17.7. The summed E-state index contributed by atoms with van der Waals surface area (Å²) in [4.78, 5) is 28.8. The van der Waals surface area contributed by atoms with Gasteiger partial charge in [-0.3, -0.25) is 9.59 Å². The number of rotatable bonds is 4. The second-order valence-electron chi connectivity index (χ2n) is 5.95. The minimum absolute atomic E-state index is 0.134. The van der Waals surface area contributed by atoms with Gasteiger partial charge >= 0.3 is 0 Å². The normalized spacial score (nSPS) is 14.3. The molecule has 1 heterocycles. The fourth-order valence-corrected chi connectivity index (χ4v) is 3.13. The van der Waals surface area contributed by atoms with Gasteiger partial charge in [-0.15, -0.1) is 0 Å². The molecule has 0 saturated heterocycles. The Bertz CT molecular complexity index is 805. The summed E-state index contributed by atoms with van der Waals surface area (Å²) < 4.78 is 0. The number of hydrogen-bond acceptors (Lipinski definition) is 3. The number of nitrogens with zero attached hydrogens (tertiary/aromatic N) is 1.